The van der Waals surface area contributed by atoms with Gasteiger partial charge in [-0.05, 0) is 46.1 Å². The number of anilines is 1. The summed E-state index contributed by atoms with van der Waals surface area (Å²) >= 11 is 3.34. The number of carbonyl (C=O) groups is 1. The Morgan fingerprint density at radius 1 is 1.12 bits per heavy atom. The lowest BCUT2D eigenvalue weighted by atomic mass is 10.1. The topological polar surface area (TPSA) is 48.5 Å². The summed E-state index contributed by atoms with van der Waals surface area (Å²) < 4.78 is 0.898. The number of rotatable bonds is 5. The maximum absolute atomic E-state index is 12.2. The van der Waals surface area contributed by atoms with Crippen LogP contribution in [-0.4, -0.2) is 53.4 Å². The number of piperazine rings is 1. The molecule has 1 aliphatic heterocycles. The van der Waals surface area contributed by atoms with Crippen molar-refractivity contribution >= 4 is 27.7 Å². The second kappa shape index (κ2) is 8.56. The summed E-state index contributed by atoms with van der Waals surface area (Å²) in [6.07, 6.45) is 1.68. The first-order valence-electron chi connectivity index (χ1n) is 8.51. The molecule has 0 saturated carbocycles. The Hall–Kier alpha value is -1.76. The van der Waals surface area contributed by atoms with Crippen molar-refractivity contribution in [1.82, 2.24) is 14.8 Å². The highest BCUT2D eigenvalue weighted by Crippen LogP contribution is 2.13. The molecule has 2 heterocycles. The van der Waals surface area contributed by atoms with Crippen LogP contribution in [0.3, 0.4) is 0 Å². The van der Waals surface area contributed by atoms with Gasteiger partial charge in [-0.3, -0.25) is 14.6 Å². The lowest BCUT2D eigenvalue weighted by molar-refractivity contribution is -0.117. The van der Waals surface area contributed by atoms with E-state index in [1.165, 1.54) is 11.1 Å². The molecule has 25 heavy (non-hydrogen) atoms. The number of nitrogens with zero attached hydrogens (tertiary/aromatic N) is 3. The molecule has 132 valence electrons. The number of nitrogens with one attached hydrogen (secondary N) is 1. The van der Waals surface area contributed by atoms with Gasteiger partial charge in [0.2, 0.25) is 5.91 Å². The van der Waals surface area contributed by atoms with Crippen molar-refractivity contribution in [3.05, 3.63) is 58.2 Å². The molecule has 6 heteroatoms. The molecular formula is C19H23BrN4O. The van der Waals surface area contributed by atoms with E-state index >= 15 is 0 Å². The molecule has 0 unspecified atom stereocenters. The highest BCUT2D eigenvalue weighted by atomic mass is 79.9. The van der Waals surface area contributed by atoms with E-state index < -0.39 is 0 Å². The highest BCUT2D eigenvalue weighted by Gasteiger charge is 2.19. The van der Waals surface area contributed by atoms with Gasteiger partial charge in [-0.2, -0.15) is 0 Å². The molecule has 5 nitrogen and oxygen atoms in total. The van der Waals surface area contributed by atoms with E-state index in [0.29, 0.717) is 12.4 Å². The van der Waals surface area contributed by atoms with E-state index in [1.54, 1.807) is 12.3 Å². The van der Waals surface area contributed by atoms with Crippen molar-refractivity contribution < 1.29 is 4.79 Å². The molecule has 2 aromatic rings. The van der Waals surface area contributed by atoms with Crippen molar-refractivity contribution in [2.24, 2.45) is 0 Å². The van der Waals surface area contributed by atoms with Gasteiger partial charge in [-0.1, -0.05) is 24.3 Å². The van der Waals surface area contributed by atoms with Gasteiger partial charge >= 0.3 is 0 Å². The first kappa shape index (κ1) is 18.0. The van der Waals surface area contributed by atoms with Crippen LogP contribution in [-0.2, 0) is 11.3 Å². The van der Waals surface area contributed by atoms with Gasteiger partial charge in [0.1, 0.15) is 5.82 Å². The largest absolute Gasteiger partial charge is 0.310 e. The van der Waals surface area contributed by atoms with Gasteiger partial charge in [0.05, 0.1) is 6.54 Å². The minimum atomic E-state index is -0.0119. The Kier molecular flexibility index (Phi) is 6.18. The molecule has 0 bridgehead atoms. The number of aryl methyl sites for hydroxylation is 1. The highest BCUT2D eigenvalue weighted by molar-refractivity contribution is 9.10. The molecule has 1 amide bonds. The van der Waals surface area contributed by atoms with Crippen LogP contribution in [0.5, 0.6) is 0 Å². The maximum atomic E-state index is 12.2. The number of aromatic nitrogens is 1. The zero-order chi connectivity index (χ0) is 17.6. The van der Waals surface area contributed by atoms with Crippen molar-refractivity contribution in [3.63, 3.8) is 0 Å². The van der Waals surface area contributed by atoms with E-state index in [0.717, 1.165) is 37.2 Å². The summed E-state index contributed by atoms with van der Waals surface area (Å²) in [5, 5.41) is 2.85. The van der Waals surface area contributed by atoms with Gasteiger partial charge in [-0.25, -0.2) is 4.98 Å². The van der Waals surface area contributed by atoms with E-state index in [2.05, 4.69) is 67.2 Å². The van der Waals surface area contributed by atoms with Gasteiger partial charge in [0.15, 0.2) is 0 Å². The van der Waals surface area contributed by atoms with Crippen LogP contribution in [0, 0.1) is 6.92 Å². The smallest absolute Gasteiger partial charge is 0.239 e. The second-order valence-electron chi connectivity index (χ2n) is 6.39. The van der Waals surface area contributed by atoms with E-state index in [-0.39, 0.29) is 5.91 Å². The number of hydrogen-bond donors (Lipinski definition) is 1. The monoisotopic (exact) mass is 402 g/mol. The Morgan fingerprint density at radius 2 is 1.84 bits per heavy atom. The van der Waals surface area contributed by atoms with Crippen LogP contribution in [0.4, 0.5) is 5.82 Å². The van der Waals surface area contributed by atoms with Crippen molar-refractivity contribution in [3.8, 4) is 0 Å². The second-order valence-corrected chi connectivity index (χ2v) is 7.30. The van der Waals surface area contributed by atoms with Gasteiger partial charge < -0.3 is 5.32 Å². The number of benzene rings is 1. The standard InChI is InChI=1S/C19H23BrN4O/c1-15-4-2-3-5-16(15)13-23-8-10-24(11-9-23)14-19(25)22-18-7-6-17(20)12-21-18/h2-7,12H,8-11,13-14H2,1H3,(H,21,22,25). The van der Waals surface area contributed by atoms with Crippen LogP contribution in [0.2, 0.25) is 0 Å². The van der Waals surface area contributed by atoms with Crippen molar-refractivity contribution in [1.29, 1.82) is 0 Å². The molecule has 3 rings (SSSR count). The zero-order valence-corrected chi connectivity index (χ0v) is 16.0. The molecule has 0 radical (unpaired) electrons. The Labute approximate surface area is 157 Å². The summed E-state index contributed by atoms with van der Waals surface area (Å²) in [5.41, 5.74) is 2.72. The molecule has 0 spiro atoms. The van der Waals surface area contributed by atoms with Crippen molar-refractivity contribution in [2.75, 3.05) is 38.0 Å². The SMILES string of the molecule is Cc1ccccc1CN1CCN(CC(=O)Nc2ccc(Br)cn2)CC1. The molecule has 0 aliphatic carbocycles. The van der Waals surface area contributed by atoms with Gasteiger partial charge in [-0.15, -0.1) is 0 Å². The predicted molar refractivity (Wildman–Crippen MR) is 103 cm³/mol. The number of carbonyl (C=O) groups excluding carboxylic acids is 1. The van der Waals surface area contributed by atoms with Crippen molar-refractivity contribution in [2.45, 2.75) is 13.5 Å². The van der Waals surface area contributed by atoms with Crippen LogP contribution < -0.4 is 5.32 Å². The molecule has 1 saturated heterocycles. The van der Waals surface area contributed by atoms with E-state index in [4.69, 9.17) is 0 Å². The minimum absolute atomic E-state index is 0.0119. The summed E-state index contributed by atoms with van der Waals surface area (Å²) in [4.78, 5) is 21.0. The molecule has 1 aromatic carbocycles. The summed E-state index contributed by atoms with van der Waals surface area (Å²) in [6, 6.07) is 12.2. The molecule has 1 aliphatic rings. The fourth-order valence-corrected chi connectivity index (χ4v) is 3.20. The minimum Gasteiger partial charge on any atom is -0.310 e. The summed E-state index contributed by atoms with van der Waals surface area (Å²) in [7, 11) is 0. The van der Waals surface area contributed by atoms with Crippen LogP contribution in [0.25, 0.3) is 0 Å². The average Bonchev–Trinajstić information content (AvgIpc) is 2.61. The van der Waals surface area contributed by atoms with Gasteiger partial charge in [0.25, 0.3) is 0 Å². The fourth-order valence-electron chi connectivity index (χ4n) is 2.97. The maximum Gasteiger partial charge on any atom is 0.239 e. The lowest BCUT2D eigenvalue weighted by Crippen LogP contribution is -2.48. The quantitative estimate of drug-likeness (QED) is 0.834. The Balaban J connectivity index is 1.43. The van der Waals surface area contributed by atoms with Crippen LogP contribution >= 0.6 is 15.9 Å². The molecular weight excluding hydrogens is 380 g/mol. The zero-order valence-electron chi connectivity index (χ0n) is 14.4. The molecule has 1 N–H and O–H groups in total. The summed E-state index contributed by atoms with van der Waals surface area (Å²) in [6.45, 7) is 7.34. The molecule has 0 atom stereocenters. The first-order chi connectivity index (χ1) is 12.1. The van der Waals surface area contributed by atoms with Crippen LogP contribution in [0.15, 0.2) is 47.1 Å². The normalized spacial score (nSPS) is 15.9. The summed E-state index contributed by atoms with van der Waals surface area (Å²) in [5.74, 6) is 0.577. The Morgan fingerprint density at radius 3 is 2.52 bits per heavy atom. The molecule has 1 fully saturated rings. The first-order valence-corrected chi connectivity index (χ1v) is 9.30. The van der Waals surface area contributed by atoms with Crippen LogP contribution in [0.1, 0.15) is 11.1 Å². The number of pyridine rings is 1. The number of halogens is 1. The molecule has 1 aromatic heterocycles. The van der Waals surface area contributed by atoms with E-state index in [1.807, 2.05) is 6.07 Å². The number of amides is 1. The Bertz CT molecular complexity index is 712. The predicted octanol–water partition coefficient (Wildman–Crippen LogP) is 2.91. The third-order valence-corrected chi connectivity index (χ3v) is 4.95. The average molecular weight is 403 g/mol. The number of hydrogen-bond acceptors (Lipinski definition) is 4. The van der Waals surface area contributed by atoms with Gasteiger partial charge in [0, 0.05) is 43.4 Å². The third-order valence-electron chi connectivity index (χ3n) is 4.48. The fraction of sp³-hybridized carbons (Fsp3) is 0.368. The third kappa shape index (κ3) is 5.36. The lowest BCUT2D eigenvalue weighted by Gasteiger charge is -2.34. The van der Waals surface area contributed by atoms with E-state index in [9.17, 15) is 4.79 Å².